The zero-order chi connectivity index (χ0) is 26.0. The molecule has 0 bridgehead atoms. The topological polar surface area (TPSA) is 90.1 Å². The maximum Gasteiger partial charge on any atom is 0.223 e. The van der Waals surface area contributed by atoms with Crippen LogP contribution in [-0.4, -0.2) is 39.7 Å². The number of allylic oxidation sites excluding steroid dienone is 2. The number of carbonyl (C=O) groups excluding carboxylic acids is 1. The van der Waals surface area contributed by atoms with Gasteiger partial charge >= 0.3 is 0 Å². The van der Waals surface area contributed by atoms with Gasteiger partial charge in [-0.25, -0.2) is 4.98 Å². The van der Waals surface area contributed by atoms with Gasteiger partial charge in [-0.1, -0.05) is 68.5 Å². The molecule has 0 saturated heterocycles. The third-order valence-corrected chi connectivity index (χ3v) is 8.69. The number of nitrogens with one attached hydrogen (secondary N) is 1. The van der Waals surface area contributed by atoms with Gasteiger partial charge in [0.1, 0.15) is 6.61 Å². The second-order valence-corrected chi connectivity index (χ2v) is 11.9. The van der Waals surface area contributed by atoms with Gasteiger partial charge in [0.2, 0.25) is 11.8 Å². The van der Waals surface area contributed by atoms with Crippen molar-refractivity contribution in [2.24, 2.45) is 11.8 Å². The number of benzene rings is 1. The van der Waals surface area contributed by atoms with E-state index in [1.807, 2.05) is 24.3 Å². The fourth-order valence-corrected chi connectivity index (χ4v) is 6.25. The fraction of sp³-hybridized carbons (Fsp3) is 0.500. The van der Waals surface area contributed by atoms with Crippen molar-refractivity contribution < 1.29 is 9.53 Å². The first-order chi connectivity index (χ1) is 17.8. The smallest absolute Gasteiger partial charge is 0.223 e. The van der Waals surface area contributed by atoms with Gasteiger partial charge in [-0.2, -0.15) is 17.6 Å². The lowest BCUT2D eigenvalue weighted by Gasteiger charge is -2.27. The van der Waals surface area contributed by atoms with Gasteiger partial charge in [-0.05, 0) is 49.7 Å². The van der Waals surface area contributed by atoms with Crippen LogP contribution in [0.3, 0.4) is 0 Å². The Kier molecular flexibility index (Phi) is 7.72. The first-order valence-corrected chi connectivity index (χ1v) is 14.0. The Morgan fingerprint density at radius 2 is 1.97 bits per heavy atom. The number of aromatic nitrogens is 2. The number of aryl methyl sites for hydroxylation is 2. The first-order valence-electron chi connectivity index (χ1n) is 13.5. The molecule has 3 N–H and O–H groups in total. The Bertz CT molecular complexity index is 1200. The maximum atomic E-state index is 13.0. The number of nitrogens with two attached hydrogens (primary N) is 1. The summed E-state index contributed by atoms with van der Waals surface area (Å²) in [6, 6.07) is 8.08. The summed E-state index contributed by atoms with van der Waals surface area (Å²) in [7, 11) is 0. The summed E-state index contributed by atoms with van der Waals surface area (Å²) in [5.41, 5.74) is 10.9. The highest BCUT2D eigenvalue weighted by Crippen LogP contribution is 2.53. The summed E-state index contributed by atoms with van der Waals surface area (Å²) in [6.07, 6.45) is 14.5. The highest BCUT2D eigenvalue weighted by atomic mass is 32.1. The summed E-state index contributed by atoms with van der Waals surface area (Å²) in [4.78, 5) is 21.8. The second kappa shape index (κ2) is 11.0. The van der Waals surface area contributed by atoms with Gasteiger partial charge in [0.15, 0.2) is 5.78 Å². The molecule has 0 amide bonds. The van der Waals surface area contributed by atoms with Crippen molar-refractivity contribution in [3.8, 4) is 17.1 Å². The van der Waals surface area contributed by atoms with Crippen LogP contribution >= 0.6 is 12.6 Å². The predicted molar refractivity (Wildman–Crippen MR) is 152 cm³/mol. The van der Waals surface area contributed by atoms with Crippen LogP contribution in [0.5, 0.6) is 5.88 Å². The molecule has 1 aromatic carbocycles. The molecule has 0 radical (unpaired) electrons. The Balaban J connectivity index is 1.27. The van der Waals surface area contributed by atoms with Crippen molar-refractivity contribution in [2.45, 2.75) is 69.6 Å². The standard InChI is InChI=1S/C30H38N4O2S/c1-19-7-6-8-20(2)28(19)25-14-27(34-29(31)33-25)36-18-24(13-21-9-4-3-5-10-21)32-17-26(35)22-11-12-23-16-30(23,37)15-22/h6-8,11-12,14-15,21,23-24,32,37H,3-5,9-10,13,16-18H2,1-2H3,(H2,31,33,34)/t23?,24-,30?/m1/s1. The number of ether oxygens (including phenoxy) is 1. The van der Waals surface area contributed by atoms with E-state index < -0.39 is 0 Å². The molecule has 196 valence electrons. The van der Waals surface area contributed by atoms with E-state index in [1.165, 1.54) is 32.1 Å². The molecule has 37 heavy (non-hydrogen) atoms. The van der Waals surface area contributed by atoms with Gasteiger partial charge in [-0.15, -0.1) is 0 Å². The highest BCUT2D eigenvalue weighted by molar-refractivity contribution is 7.82. The van der Waals surface area contributed by atoms with Crippen molar-refractivity contribution in [1.82, 2.24) is 15.3 Å². The molecule has 0 spiro atoms. The molecule has 2 saturated carbocycles. The van der Waals surface area contributed by atoms with Crippen LogP contribution in [-0.2, 0) is 4.79 Å². The Morgan fingerprint density at radius 3 is 2.70 bits per heavy atom. The fourth-order valence-electron chi connectivity index (χ4n) is 5.83. The van der Waals surface area contributed by atoms with Crippen LogP contribution in [0, 0.1) is 25.7 Å². The van der Waals surface area contributed by atoms with Crippen LogP contribution < -0.4 is 15.8 Å². The van der Waals surface area contributed by atoms with Crippen molar-refractivity contribution in [3.05, 3.63) is 59.2 Å². The number of hydrogen-bond acceptors (Lipinski definition) is 7. The van der Waals surface area contributed by atoms with E-state index in [9.17, 15) is 4.79 Å². The van der Waals surface area contributed by atoms with Gasteiger partial charge in [-0.3, -0.25) is 4.79 Å². The number of Topliss-reactive ketones (excluding diaryl/α,β-unsaturated/α-hetero) is 1. The molecular formula is C30H38N4O2S. The van der Waals surface area contributed by atoms with E-state index >= 15 is 0 Å². The van der Waals surface area contributed by atoms with Crippen LogP contribution in [0.15, 0.2) is 48.1 Å². The molecule has 6 nitrogen and oxygen atoms in total. The molecule has 5 rings (SSSR count). The molecule has 3 aliphatic carbocycles. The average Bonchev–Trinajstić information content (AvgIpc) is 3.56. The van der Waals surface area contributed by atoms with Crippen LogP contribution in [0.4, 0.5) is 5.95 Å². The Hall–Kier alpha value is -2.64. The average molecular weight is 519 g/mol. The molecule has 7 heteroatoms. The van der Waals surface area contributed by atoms with Gasteiger partial charge in [0, 0.05) is 28.0 Å². The summed E-state index contributed by atoms with van der Waals surface area (Å²) < 4.78 is 6.08. The molecule has 2 aromatic rings. The zero-order valence-electron chi connectivity index (χ0n) is 21.9. The quantitative estimate of drug-likeness (QED) is 0.365. The summed E-state index contributed by atoms with van der Waals surface area (Å²) in [5.74, 6) is 1.87. The minimum Gasteiger partial charge on any atom is -0.476 e. The third-order valence-electron chi connectivity index (χ3n) is 8.05. The van der Waals surface area contributed by atoms with E-state index in [-0.39, 0.29) is 29.1 Å². The number of nitrogens with zero attached hydrogens (tertiary/aromatic N) is 2. The number of hydrogen-bond donors (Lipinski definition) is 3. The number of rotatable bonds is 10. The summed E-state index contributed by atoms with van der Waals surface area (Å²) in [6.45, 7) is 4.83. The number of nitrogen functional groups attached to an aromatic ring is 1. The first kappa shape index (κ1) is 26.0. The van der Waals surface area contributed by atoms with Crippen LogP contribution in [0.2, 0.25) is 0 Å². The normalized spacial score (nSPS) is 23.8. The van der Waals surface area contributed by atoms with Gasteiger partial charge in [0.25, 0.3) is 0 Å². The predicted octanol–water partition coefficient (Wildman–Crippen LogP) is 5.40. The molecule has 2 fully saturated rings. The monoisotopic (exact) mass is 518 g/mol. The minimum atomic E-state index is -0.121. The lowest BCUT2D eigenvalue weighted by molar-refractivity contribution is -0.114. The van der Waals surface area contributed by atoms with Gasteiger partial charge in [0.05, 0.1) is 12.2 Å². The van der Waals surface area contributed by atoms with E-state index in [4.69, 9.17) is 23.1 Å². The maximum absolute atomic E-state index is 13.0. The van der Waals surface area contributed by atoms with Crippen molar-refractivity contribution >= 4 is 24.4 Å². The van der Waals surface area contributed by atoms with Crippen molar-refractivity contribution in [2.75, 3.05) is 18.9 Å². The van der Waals surface area contributed by atoms with E-state index in [0.717, 1.165) is 40.8 Å². The van der Waals surface area contributed by atoms with E-state index in [2.05, 4.69) is 47.3 Å². The van der Waals surface area contributed by atoms with Crippen LogP contribution in [0.25, 0.3) is 11.3 Å². The lowest BCUT2D eigenvalue weighted by atomic mass is 9.85. The number of fused-ring (bicyclic) bond motifs is 1. The molecule has 1 heterocycles. The molecule has 3 atom stereocenters. The number of ketones is 1. The van der Waals surface area contributed by atoms with Crippen molar-refractivity contribution in [3.63, 3.8) is 0 Å². The molecular weight excluding hydrogens is 480 g/mol. The van der Waals surface area contributed by atoms with Crippen LogP contribution in [0.1, 0.15) is 56.1 Å². The van der Waals surface area contributed by atoms with E-state index in [1.54, 1.807) is 0 Å². The molecule has 1 aromatic heterocycles. The van der Waals surface area contributed by atoms with Gasteiger partial charge < -0.3 is 15.8 Å². The SMILES string of the molecule is Cc1cccc(C)c1-c1cc(OC[C@@H](CC2CCCCC2)NCC(=O)C2=CC3(S)CC3C=C2)nc(N)n1. The number of carbonyl (C=O) groups is 1. The lowest BCUT2D eigenvalue weighted by Crippen LogP contribution is -2.40. The summed E-state index contributed by atoms with van der Waals surface area (Å²) in [5, 5.41) is 3.51. The largest absolute Gasteiger partial charge is 0.476 e. The number of thiol groups is 1. The molecule has 3 aliphatic rings. The molecule has 0 aliphatic heterocycles. The second-order valence-electron chi connectivity index (χ2n) is 11.0. The van der Waals surface area contributed by atoms with Crippen molar-refractivity contribution in [1.29, 1.82) is 0 Å². The number of anilines is 1. The Morgan fingerprint density at radius 1 is 1.22 bits per heavy atom. The zero-order valence-corrected chi connectivity index (χ0v) is 22.8. The molecule has 2 unspecified atom stereocenters. The van der Waals surface area contributed by atoms with E-state index in [0.29, 0.717) is 24.3 Å². The minimum absolute atomic E-state index is 0.0405. The highest BCUT2D eigenvalue weighted by Gasteiger charge is 2.49. The third kappa shape index (κ3) is 6.27. The summed E-state index contributed by atoms with van der Waals surface area (Å²) >= 11 is 4.73. The Labute approximate surface area is 225 Å².